The molecule has 0 amide bonds. The molecule has 0 saturated carbocycles. The summed E-state index contributed by atoms with van der Waals surface area (Å²) >= 11 is 0. The van der Waals surface area contributed by atoms with E-state index in [1.54, 1.807) is 0 Å². The van der Waals surface area contributed by atoms with Gasteiger partial charge in [-0.3, -0.25) is 9.88 Å². The predicted molar refractivity (Wildman–Crippen MR) is 118 cm³/mol. The first-order valence-electron chi connectivity index (χ1n) is 9.36. The summed E-state index contributed by atoms with van der Waals surface area (Å²) in [6.07, 6.45) is 0. The highest BCUT2D eigenvalue weighted by Gasteiger charge is 2.23. The minimum atomic E-state index is 0. The topological polar surface area (TPSA) is 61.8 Å². The average molecular weight is 475 g/mol. The number of morpholine rings is 1. The number of halogens is 1. The number of hydrogen-bond acceptors (Lipinski definition) is 4. The first-order chi connectivity index (χ1) is 12.1. The number of aromatic nitrogens is 1. The van der Waals surface area contributed by atoms with E-state index in [0.717, 1.165) is 56.7 Å². The fraction of sp³-hybridized carbons (Fsp3) is 0.684. The van der Waals surface area contributed by atoms with Crippen molar-refractivity contribution in [2.24, 2.45) is 10.9 Å². The predicted octanol–water partition coefficient (Wildman–Crippen LogP) is 2.42. The first-order valence-corrected chi connectivity index (χ1v) is 9.36. The number of nitrogens with zero attached hydrogens (tertiary/aromatic N) is 3. The summed E-state index contributed by atoms with van der Waals surface area (Å²) in [4.78, 5) is 11.7. The van der Waals surface area contributed by atoms with Crippen LogP contribution in [-0.4, -0.2) is 61.3 Å². The molecule has 2 rings (SSSR count). The van der Waals surface area contributed by atoms with Gasteiger partial charge in [-0.1, -0.05) is 19.9 Å². The van der Waals surface area contributed by atoms with Crippen molar-refractivity contribution in [3.05, 3.63) is 29.6 Å². The lowest BCUT2D eigenvalue weighted by Crippen LogP contribution is -2.52. The molecule has 1 unspecified atom stereocenters. The van der Waals surface area contributed by atoms with Crippen molar-refractivity contribution in [1.82, 2.24) is 20.5 Å². The molecule has 26 heavy (non-hydrogen) atoms. The largest absolute Gasteiger partial charge is 0.379 e. The number of rotatable bonds is 7. The van der Waals surface area contributed by atoms with Crippen LogP contribution in [-0.2, 0) is 11.3 Å². The second-order valence-electron chi connectivity index (χ2n) is 6.81. The second kappa shape index (κ2) is 12.5. The fourth-order valence-electron chi connectivity index (χ4n) is 3.09. The molecule has 2 N–H and O–H groups in total. The van der Waals surface area contributed by atoms with Gasteiger partial charge in [0.05, 0.1) is 25.5 Å². The van der Waals surface area contributed by atoms with E-state index in [1.165, 1.54) is 0 Å². The van der Waals surface area contributed by atoms with E-state index < -0.39 is 0 Å². The fourth-order valence-corrected chi connectivity index (χ4v) is 3.09. The van der Waals surface area contributed by atoms with Gasteiger partial charge >= 0.3 is 0 Å². The average Bonchev–Trinajstić information content (AvgIpc) is 2.60. The number of hydrogen-bond donors (Lipinski definition) is 2. The van der Waals surface area contributed by atoms with Gasteiger partial charge in [0.25, 0.3) is 0 Å². The maximum absolute atomic E-state index is 5.49. The number of aryl methyl sites for hydroxylation is 1. The third kappa shape index (κ3) is 7.75. The summed E-state index contributed by atoms with van der Waals surface area (Å²) in [7, 11) is 0. The lowest BCUT2D eigenvalue weighted by Gasteiger charge is -2.37. The van der Waals surface area contributed by atoms with Crippen LogP contribution in [0.5, 0.6) is 0 Å². The molecule has 0 aliphatic carbocycles. The molecular weight excluding hydrogens is 441 g/mol. The molecule has 1 aliphatic rings. The van der Waals surface area contributed by atoms with Gasteiger partial charge < -0.3 is 15.4 Å². The Morgan fingerprint density at radius 2 is 2.00 bits per heavy atom. The van der Waals surface area contributed by atoms with Crippen LogP contribution < -0.4 is 10.6 Å². The molecule has 2 heterocycles. The Labute approximate surface area is 175 Å². The van der Waals surface area contributed by atoms with E-state index in [1.807, 2.05) is 25.1 Å². The van der Waals surface area contributed by atoms with Crippen molar-refractivity contribution >= 4 is 29.9 Å². The van der Waals surface area contributed by atoms with Crippen molar-refractivity contribution in [1.29, 1.82) is 0 Å². The van der Waals surface area contributed by atoms with Crippen molar-refractivity contribution in [2.45, 2.75) is 40.3 Å². The van der Waals surface area contributed by atoms with Crippen LogP contribution in [0.15, 0.2) is 23.2 Å². The van der Waals surface area contributed by atoms with Gasteiger partial charge in [-0.05, 0) is 31.9 Å². The Bertz CT molecular complexity index is 546. The Morgan fingerprint density at radius 3 is 2.62 bits per heavy atom. The van der Waals surface area contributed by atoms with Gasteiger partial charge in [0.15, 0.2) is 5.96 Å². The maximum atomic E-state index is 5.49. The molecule has 1 aliphatic heterocycles. The molecule has 1 aromatic rings. The Hall–Kier alpha value is -0.930. The van der Waals surface area contributed by atoms with Crippen molar-refractivity contribution < 1.29 is 4.74 Å². The van der Waals surface area contributed by atoms with Crippen LogP contribution in [0.25, 0.3) is 0 Å². The number of guanidine groups is 1. The molecule has 1 aromatic heterocycles. The Morgan fingerprint density at radius 1 is 1.27 bits per heavy atom. The molecule has 6 nitrogen and oxygen atoms in total. The van der Waals surface area contributed by atoms with Crippen LogP contribution in [0.4, 0.5) is 0 Å². The van der Waals surface area contributed by atoms with Gasteiger partial charge in [0.2, 0.25) is 0 Å². The van der Waals surface area contributed by atoms with Crippen molar-refractivity contribution in [3.63, 3.8) is 0 Å². The molecule has 0 radical (unpaired) electrons. The van der Waals surface area contributed by atoms with E-state index in [0.29, 0.717) is 18.5 Å². The van der Waals surface area contributed by atoms with Crippen molar-refractivity contribution in [3.8, 4) is 0 Å². The monoisotopic (exact) mass is 475 g/mol. The summed E-state index contributed by atoms with van der Waals surface area (Å²) in [5.74, 6) is 1.43. The zero-order valence-corrected chi connectivity index (χ0v) is 18.8. The highest BCUT2D eigenvalue weighted by atomic mass is 127. The van der Waals surface area contributed by atoms with Gasteiger partial charge in [-0.25, -0.2) is 4.99 Å². The van der Waals surface area contributed by atoms with E-state index in [-0.39, 0.29) is 24.0 Å². The summed E-state index contributed by atoms with van der Waals surface area (Å²) in [5, 5.41) is 6.85. The minimum absolute atomic E-state index is 0. The van der Waals surface area contributed by atoms with E-state index in [4.69, 9.17) is 4.74 Å². The molecule has 0 bridgehead atoms. The van der Waals surface area contributed by atoms with Gasteiger partial charge in [-0.15, -0.1) is 24.0 Å². The number of ether oxygens (including phenoxy) is 1. The second-order valence-corrected chi connectivity index (χ2v) is 6.81. The summed E-state index contributed by atoms with van der Waals surface area (Å²) in [5.41, 5.74) is 2.02. The molecule has 1 fully saturated rings. The number of nitrogens with one attached hydrogen (secondary N) is 2. The van der Waals surface area contributed by atoms with Crippen LogP contribution in [0.1, 0.15) is 32.2 Å². The molecule has 0 spiro atoms. The Balaban J connectivity index is 0.00000338. The van der Waals surface area contributed by atoms with Gasteiger partial charge in [0.1, 0.15) is 0 Å². The third-order valence-corrected chi connectivity index (χ3v) is 4.45. The van der Waals surface area contributed by atoms with Gasteiger partial charge in [0, 0.05) is 37.9 Å². The molecular formula is C19H34IN5O. The first kappa shape index (κ1) is 23.1. The highest BCUT2D eigenvalue weighted by Crippen LogP contribution is 2.12. The minimum Gasteiger partial charge on any atom is -0.379 e. The van der Waals surface area contributed by atoms with Crippen LogP contribution in [0.2, 0.25) is 0 Å². The SMILES string of the molecule is CCNC(=NCc1cccc(C)n1)NCC(C(C)C)N1CCOCC1.I. The summed E-state index contributed by atoms with van der Waals surface area (Å²) < 4.78 is 5.49. The summed E-state index contributed by atoms with van der Waals surface area (Å²) in [6, 6.07) is 6.53. The molecule has 1 atom stereocenters. The smallest absolute Gasteiger partial charge is 0.191 e. The molecule has 148 valence electrons. The maximum Gasteiger partial charge on any atom is 0.191 e. The molecule has 0 aromatic carbocycles. The van der Waals surface area contributed by atoms with Crippen LogP contribution >= 0.6 is 24.0 Å². The number of aliphatic imine (C=N–C) groups is 1. The lowest BCUT2D eigenvalue weighted by molar-refractivity contribution is 0.00752. The van der Waals surface area contributed by atoms with Crippen molar-refractivity contribution in [2.75, 3.05) is 39.4 Å². The zero-order chi connectivity index (χ0) is 18.1. The Kier molecular flexibility index (Phi) is 11.1. The summed E-state index contributed by atoms with van der Waals surface area (Å²) in [6.45, 7) is 14.6. The molecule has 1 saturated heterocycles. The highest BCUT2D eigenvalue weighted by molar-refractivity contribution is 14.0. The van der Waals surface area contributed by atoms with Gasteiger partial charge in [-0.2, -0.15) is 0 Å². The third-order valence-electron chi connectivity index (χ3n) is 4.45. The lowest BCUT2D eigenvalue weighted by atomic mass is 10.0. The van der Waals surface area contributed by atoms with E-state index in [2.05, 4.69) is 46.3 Å². The van der Waals surface area contributed by atoms with E-state index in [9.17, 15) is 0 Å². The molecule has 7 heteroatoms. The van der Waals surface area contributed by atoms with Crippen LogP contribution in [0.3, 0.4) is 0 Å². The van der Waals surface area contributed by atoms with Crippen LogP contribution in [0, 0.1) is 12.8 Å². The normalized spacial score (nSPS) is 16.9. The quantitative estimate of drug-likeness (QED) is 0.361. The van der Waals surface area contributed by atoms with E-state index >= 15 is 0 Å². The zero-order valence-electron chi connectivity index (χ0n) is 16.5. The standard InChI is InChI=1S/C19H33N5O.HI/c1-5-20-19(21-13-17-8-6-7-16(4)23-17)22-14-18(15(2)3)24-9-11-25-12-10-24;/h6-8,15,18H,5,9-14H2,1-4H3,(H2,20,21,22);1H. The number of pyridine rings is 1.